The largest absolute Gasteiger partial charge is 0.397 e. The van der Waals surface area contributed by atoms with E-state index in [1.54, 1.807) is 20.0 Å². The van der Waals surface area contributed by atoms with Gasteiger partial charge in [0.15, 0.2) is 0 Å². The first-order valence-corrected chi connectivity index (χ1v) is 7.94. The van der Waals surface area contributed by atoms with Crippen molar-refractivity contribution in [3.05, 3.63) is 22.7 Å². The van der Waals surface area contributed by atoms with Crippen LogP contribution in [0.4, 0.5) is 5.69 Å². The molecule has 0 saturated heterocycles. The van der Waals surface area contributed by atoms with Gasteiger partial charge >= 0.3 is 0 Å². The third-order valence-electron chi connectivity index (χ3n) is 3.49. The first-order chi connectivity index (χ1) is 8.59. The molecule has 108 valence electrons. The van der Waals surface area contributed by atoms with Crippen LogP contribution in [0.1, 0.15) is 26.3 Å². The fourth-order valence-corrected chi connectivity index (χ4v) is 3.69. The molecule has 4 nitrogen and oxygen atoms in total. The quantitative estimate of drug-likeness (QED) is 0.870. The first-order valence-electron chi connectivity index (χ1n) is 6.12. The first kappa shape index (κ1) is 16.3. The molecule has 19 heavy (non-hydrogen) atoms. The summed E-state index contributed by atoms with van der Waals surface area (Å²) in [5.41, 5.74) is 6.58. The van der Waals surface area contributed by atoms with Crippen molar-refractivity contribution >= 4 is 27.3 Å². The van der Waals surface area contributed by atoms with Crippen LogP contribution >= 0.6 is 11.6 Å². The molecule has 2 N–H and O–H groups in total. The van der Waals surface area contributed by atoms with Crippen molar-refractivity contribution < 1.29 is 8.42 Å². The molecule has 0 spiro atoms. The molecule has 1 aromatic rings. The molecule has 0 heterocycles. The van der Waals surface area contributed by atoms with Gasteiger partial charge in [0.25, 0.3) is 0 Å². The molecule has 1 aromatic carbocycles. The molecular weight excluding hydrogens is 284 g/mol. The maximum atomic E-state index is 12.6. The van der Waals surface area contributed by atoms with Crippen LogP contribution in [0.25, 0.3) is 0 Å². The Labute approximate surface area is 120 Å². The summed E-state index contributed by atoms with van der Waals surface area (Å²) in [6.07, 6.45) is 0. The molecule has 0 aliphatic rings. The molecule has 1 atom stereocenters. The van der Waals surface area contributed by atoms with Gasteiger partial charge in [0, 0.05) is 13.1 Å². The van der Waals surface area contributed by atoms with Crippen LogP contribution in [0, 0.1) is 12.8 Å². The van der Waals surface area contributed by atoms with Crippen molar-refractivity contribution in [1.82, 2.24) is 4.31 Å². The summed E-state index contributed by atoms with van der Waals surface area (Å²) in [5, 5.41) is 0.371. The van der Waals surface area contributed by atoms with Crippen LogP contribution in [0.5, 0.6) is 0 Å². The third-order valence-corrected chi connectivity index (χ3v) is 5.90. The van der Waals surface area contributed by atoms with Crippen molar-refractivity contribution in [2.75, 3.05) is 12.8 Å². The van der Waals surface area contributed by atoms with Gasteiger partial charge in [0.2, 0.25) is 10.0 Å². The van der Waals surface area contributed by atoms with Gasteiger partial charge in [-0.3, -0.25) is 0 Å². The monoisotopic (exact) mass is 304 g/mol. The second-order valence-electron chi connectivity index (χ2n) is 5.15. The third kappa shape index (κ3) is 3.22. The predicted octanol–water partition coefficient (Wildman–Crippen LogP) is 2.90. The minimum absolute atomic E-state index is 0.0960. The molecule has 0 radical (unpaired) electrons. The Bertz CT molecular complexity index is 570. The number of nitrogens with zero attached hydrogens (tertiary/aromatic N) is 1. The Kier molecular flexibility index (Phi) is 4.87. The zero-order valence-electron chi connectivity index (χ0n) is 11.9. The van der Waals surface area contributed by atoms with Crippen molar-refractivity contribution in [1.29, 1.82) is 0 Å². The second kappa shape index (κ2) is 5.69. The molecule has 0 aliphatic carbocycles. The summed E-state index contributed by atoms with van der Waals surface area (Å²) >= 11 is 5.90. The Morgan fingerprint density at radius 1 is 1.26 bits per heavy atom. The van der Waals surface area contributed by atoms with Gasteiger partial charge in [-0.2, -0.15) is 4.31 Å². The number of hydrogen-bond acceptors (Lipinski definition) is 3. The number of benzene rings is 1. The summed E-state index contributed by atoms with van der Waals surface area (Å²) in [5.74, 6) is 0.227. The number of sulfonamides is 1. The average molecular weight is 305 g/mol. The fraction of sp³-hybridized carbons (Fsp3) is 0.538. The standard InChI is InChI=1S/C13H21ClN2O2S/c1-8(2)10(4)16(5)19(17,18)13-7-12(15)11(14)6-9(13)3/h6-8,10H,15H2,1-5H3. The van der Waals surface area contributed by atoms with Gasteiger partial charge in [-0.05, 0) is 37.5 Å². The number of anilines is 1. The van der Waals surface area contributed by atoms with Gasteiger partial charge < -0.3 is 5.73 Å². The van der Waals surface area contributed by atoms with Gasteiger partial charge in [0.1, 0.15) is 0 Å². The van der Waals surface area contributed by atoms with Crippen LogP contribution in [0.15, 0.2) is 17.0 Å². The Morgan fingerprint density at radius 3 is 2.26 bits per heavy atom. The maximum Gasteiger partial charge on any atom is 0.243 e. The highest BCUT2D eigenvalue weighted by molar-refractivity contribution is 7.89. The normalized spacial score (nSPS) is 14.1. The minimum atomic E-state index is -3.56. The van der Waals surface area contributed by atoms with Crippen molar-refractivity contribution in [3.63, 3.8) is 0 Å². The topological polar surface area (TPSA) is 63.4 Å². The smallest absolute Gasteiger partial charge is 0.243 e. The Hall–Kier alpha value is -0.780. The summed E-state index contributed by atoms with van der Waals surface area (Å²) in [6.45, 7) is 7.57. The van der Waals surface area contributed by atoms with Gasteiger partial charge in [-0.25, -0.2) is 8.42 Å². The van der Waals surface area contributed by atoms with Crippen LogP contribution in [-0.2, 0) is 10.0 Å². The minimum Gasteiger partial charge on any atom is -0.397 e. The van der Waals surface area contributed by atoms with E-state index in [0.29, 0.717) is 10.6 Å². The number of rotatable bonds is 4. The lowest BCUT2D eigenvalue weighted by Crippen LogP contribution is -2.38. The highest BCUT2D eigenvalue weighted by atomic mass is 35.5. The van der Waals surface area contributed by atoms with E-state index < -0.39 is 10.0 Å². The van der Waals surface area contributed by atoms with Gasteiger partial charge in [0.05, 0.1) is 15.6 Å². The summed E-state index contributed by atoms with van der Waals surface area (Å²) < 4.78 is 26.6. The lowest BCUT2D eigenvalue weighted by atomic mass is 10.1. The lowest BCUT2D eigenvalue weighted by molar-refractivity contribution is 0.315. The zero-order chi connectivity index (χ0) is 15.0. The van der Waals surface area contributed by atoms with E-state index in [4.69, 9.17) is 17.3 Å². The highest BCUT2D eigenvalue weighted by Gasteiger charge is 2.28. The van der Waals surface area contributed by atoms with Crippen molar-refractivity contribution in [3.8, 4) is 0 Å². The van der Waals surface area contributed by atoms with Crippen LogP contribution in [0.2, 0.25) is 5.02 Å². The van der Waals surface area contributed by atoms with E-state index in [-0.39, 0.29) is 22.5 Å². The summed E-state index contributed by atoms with van der Waals surface area (Å²) in [4.78, 5) is 0.212. The second-order valence-corrected chi connectivity index (χ2v) is 7.52. The van der Waals surface area contributed by atoms with Crippen LogP contribution in [0.3, 0.4) is 0 Å². The number of aryl methyl sites for hydroxylation is 1. The van der Waals surface area contributed by atoms with E-state index in [0.717, 1.165) is 0 Å². The van der Waals surface area contributed by atoms with Gasteiger partial charge in [-0.15, -0.1) is 0 Å². The van der Waals surface area contributed by atoms with E-state index in [2.05, 4.69) is 0 Å². The predicted molar refractivity (Wildman–Crippen MR) is 79.9 cm³/mol. The molecular formula is C13H21ClN2O2S. The maximum absolute atomic E-state index is 12.6. The number of hydrogen-bond donors (Lipinski definition) is 1. The number of nitrogen functional groups attached to an aromatic ring is 1. The van der Waals surface area contributed by atoms with Gasteiger partial charge in [-0.1, -0.05) is 25.4 Å². The van der Waals surface area contributed by atoms with Crippen LogP contribution < -0.4 is 5.73 Å². The van der Waals surface area contributed by atoms with Crippen LogP contribution in [-0.4, -0.2) is 25.8 Å². The van der Waals surface area contributed by atoms with E-state index in [1.807, 2.05) is 20.8 Å². The fourth-order valence-electron chi connectivity index (χ4n) is 1.74. The average Bonchev–Trinajstić information content (AvgIpc) is 2.31. The molecule has 0 fully saturated rings. The van der Waals surface area contributed by atoms with E-state index >= 15 is 0 Å². The molecule has 6 heteroatoms. The van der Waals surface area contributed by atoms with E-state index in [9.17, 15) is 8.42 Å². The van der Waals surface area contributed by atoms with Crippen molar-refractivity contribution in [2.45, 2.75) is 38.6 Å². The molecule has 0 aromatic heterocycles. The molecule has 0 amide bonds. The van der Waals surface area contributed by atoms with Crippen molar-refractivity contribution in [2.24, 2.45) is 5.92 Å². The summed E-state index contributed by atoms with van der Waals surface area (Å²) in [6, 6.07) is 2.91. The molecule has 1 rings (SSSR count). The Morgan fingerprint density at radius 2 is 1.79 bits per heavy atom. The number of halogens is 1. The molecule has 0 aliphatic heterocycles. The molecule has 0 saturated carbocycles. The molecule has 0 bridgehead atoms. The van der Waals surface area contributed by atoms with E-state index in [1.165, 1.54) is 10.4 Å². The zero-order valence-corrected chi connectivity index (χ0v) is 13.5. The SMILES string of the molecule is Cc1cc(Cl)c(N)cc1S(=O)(=O)N(C)C(C)C(C)C. The number of nitrogens with two attached hydrogens (primary N) is 1. The lowest BCUT2D eigenvalue weighted by Gasteiger charge is -2.28. The summed E-state index contributed by atoms with van der Waals surface area (Å²) in [7, 11) is -1.97. The molecule has 1 unspecified atom stereocenters. The Balaban J connectivity index is 3.32. The highest BCUT2D eigenvalue weighted by Crippen LogP contribution is 2.29.